The molecule has 6 heteroatoms. The van der Waals surface area contributed by atoms with Crippen molar-refractivity contribution in [2.75, 3.05) is 0 Å². The summed E-state index contributed by atoms with van der Waals surface area (Å²) >= 11 is 4.81. The molecule has 0 bridgehead atoms. The van der Waals surface area contributed by atoms with Crippen molar-refractivity contribution in [3.8, 4) is 0 Å². The van der Waals surface area contributed by atoms with E-state index in [2.05, 4.69) is 43.8 Å². The van der Waals surface area contributed by atoms with Crippen molar-refractivity contribution in [1.29, 1.82) is 0 Å². The molecule has 0 fully saturated rings. The highest BCUT2D eigenvalue weighted by molar-refractivity contribution is 8.00. The van der Waals surface area contributed by atoms with E-state index in [4.69, 9.17) is 0 Å². The SMILES string of the molecule is CC.c1csc(C2=S=C(c3cccs3)c3nsnc32)c1. The van der Waals surface area contributed by atoms with E-state index in [9.17, 15) is 0 Å². The van der Waals surface area contributed by atoms with Crippen LogP contribution in [0.15, 0.2) is 35.0 Å². The molecule has 0 aliphatic carbocycles. The van der Waals surface area contributed by atoms with E-state index in [0.29, 0.717) is 0 Å². The molecule has 4 heterocycles. The Kier molecular flexibility index (Phi) is 4.26. The zero-order valence-electron chi connectivity index (χ0n) is 11.0. The highest BCUT2D eigenvalue weighted by atomic mass is 32.1. The van der Waals surface area contributed by atoms with Gasteiger partial charge in [-0.25, -0.2) is 0 Å². The number of thiophene rings is 2. The Balaban J connectivity index is 0.000000581. The maximum absolute atomic E-state index is 4.46. The Morgan fingerprint density at radius 3 is 1.70 bits per heavy atom. The molecule has 0 unspecified atom stereocenters. The van der Waals surface area contributed by atoms with Gasteiger partial charge in [-0.05, 0) is 22.9 Å². The lowest BCUT2D eigenvalue weighted by Gasteiger charge is -1.94. The summed E-state index contributed by atoms with van der Waals surface area (Å²) < 4.78 is 8.91. The van der Waals surface area contributed by atoms with Crippen LogP contribution < -0.4 is 0 Å². The van der Waals surface area contributed by atoms with E-state index in [0.717, 1.165) is 11.4 Å². The molecule has 0 aromatic carbocycles. The van der Waals surface area contributed by atoms with Crippen molar-refractivity contribution < 1.29 is 0 Å². The van der Waals surface area contributed by atoms with Gasteiger partial charge in [0.2, 0.25) is 0 Å². The quantitative estimate of drug-likeness (QED) is 0.501. The first kappa shape index (κ1) is 13.9. The van der Waals surface area contributed by atoms with Gasteiger partial charge < -0.3 is 0 Å². The Bertz CT molecular complexity index is 699. The fourth-order valence-corrected chi connectivity index (χ4v) is 5.40. The van der Waals surface area contributed by atoms with Crippen molar-refractivity contribution in [3.05, 3.63) is 56.2 Å². The Hall–Kier alpha value is -1.08. The van der Waals surface area contributed by atoms with E-state index >= 15 is 0 Å². The van der Waals surface area contributed by atoms with E-state index in [1.54, 1.807) is 33.6 Å². The third-order valence-corrected chi connectivity index (χ3v) is 6.41. The molecule has 1 aliphatic heterocycles. The summed E-state index contributed by atoms with van der Waals surface area (Å²) in [6.45, 7) is 4.00. The van der Waals surface area contributed by atoms with Crippen LogP contribution >= 0.6 is 45.3 Å². The molecule has 0 spiro atoms. The summed E-state index contributed by atoms with van der Waals surface area (Å²) in [7, 11) is 1.80. The number of nitrogens with zero attached hydrogens (tertiary/aromatic N) is 2. The fraction of sp³-hybridized carbons (Fsp3) is 0.143. The molecule has 0 saturated carbocycles. The number of rotatable bonds is 2. The van der Waals surface area contributed by atoms with Gasteiger partial charge >= 0.3 is 0 Å². The Labute approximate surface area is 133 Å². The minimum absolute atomic E-state index is 1.05. The van der Waals surface area contributed by atoms with Crippen LogP contribution in [0.4, 0.5) is 0 Å². The van der Waals surface area contributed by atoms with Gasteiger partial charge in [-0.1, -0.05) is 26.0 Å². The van der Waals surface area contributed by atoms with Gasteiger partial charge in [0.15, 0.2) is 0 Å². The molecule has 0 radical (unpaired) electrons. The fourth-order valence-electron chi connectivity index (χ4n) is 1.83. The molecule has 2 nitrogen and oxygen atoms in total. The zero-order valence-corrected chi connectivity index (χ0v) is 14.3. The molecule has 0 saturated heterocycles. The van der Waals surface area contributed by atoms with E-state index in [-0.39, 0.29) is 0 Å². The maximum atomic E-state index is 4.46. The standard InChI is InChI=1S/C12H6N2S4.C2H6/c1-3-7(15-5-1)11-9-10(14-18-13-9)12(17-11)8-4-2-6-16-8;1-2/h1-6H;1-2H3. The van der Waals surface area contributed by atoms with Gasteiger partial charge in [0.1, 0.15) is 11.4 Å². The van der Waals surface area contributed by atoms with Crippen LogP contribution in [0, 0.1) is 0 Å². The van der Waals surface area contributed by atoms with Crippen LogP contribution in [0.5, 0.6) is 0 Å². The van der Waals surface area contributed by atoms with Crippen LogP contribution in [-0.2, 0) is 0 Å². The molecule has 4 rings (SSSR count). The molecule has 0 atom stereocenters. The summed E-state index contributed by atoms with van der Waals surface area (Å²) in [5.74, 6) is 0. The second-order valence-corrected chi connectivity index (χ2v) is 7.12. The molecule has 20 heavy (non-hydrogen) atoms. The molecule has 3 aromatic heterocycles. The minimum atomic E-state index is 1.05. The first-order valence-electron chi connectivity index (χ1n) is 6.26. The van der Waals surface area contributed by atoms with Crippen LogP contribution in [0.3, 0.4) is 0 Å². The lowest BCUT2D eigenvalue weighted by Crippen LogP contribution is -2.01. The first-order chi connectivity index (χ1) is 9.93. The third kappa shape index (κ3) is 2.33. The Morgan fingerprint density at radius 2 is 1.30 bits per heavy atom. The lowest BCUT2D eigenvalue weighted by atomic mass is 10.1. The summed E-state index contributed by atoms with van der Waals surface area (Å²) in [4.78, 5) is 5.05. The maximum Gasteiger partial charge on any atom is 0.124 e. The second kappa shape index (κ2) is 6.13. The van der Waals surface area contributed by atoms with Gasteiger partial charge in [0.05, 0.1) is 21.5 Å². The number of hydrogen-bond donors (Lipinski definition) is 0. The van der Waals surface area contributed by atoms with Gasteiger partial charge in [-0.2, -0.15) is 8.75 Å². The van der Waals surface area contributed by atoms with Gasteiger partial charge in [-0.15, -0.1) is 33.6 Å². The molecule has 0 N–H and O–H groups in total. The van der Waals surface area contributed by atoms with Gasteiger partial charge in [0.25, 0.3) is 0 Å². The van der Waals surface area contributed by atoms with E-state index < -0.39 is 0 Å². The van der Waals surface area contributed by atoms with Crippen molar-refractivity contribution in [3.63, 3.8) is 0 Å². The number of fused-ring (bicyclic) bond motifs is 1. The van der Waals surface area contributed by atoms with Crippen LogP contribution in [0.1, 0.15) is 35.0 Å². The molecule has 102 valence electrons. The highest BCUT2D eigenvalue weighted by Gasteiger charge is 2.25. The predicted octanol–water partition coefficient (Wildman–Crippen LogP) is 4.57. The van der Waals surface area contributed by atoms with Crippen molar-refractivity contribution in [2.24, 2.45) is 0 Å². The molecule has 0 amide bonds. The number of aromatic nitrogens is 2. The summed E-state index contributed by atoms with van der Waals surface area (Å²) in [6, 6.07) is 8.45. The van der Waals surface area contributed by atoms with Crippen LogP contribution in [-0.4, -0.2) is 18.5 Å². The summed E-state index contributed by atoms with van der Waals surface area (Å²) in [5.41, 5.74) is 2.10. The average molecular weight is 337 g/mol. The van der Waals surface area contributed by atoms with Crippen LogP contribution in [0.25, 0.3) is 0 Å². The van der Waals surface area contributed by atoms with Crippen LogP contribution in [0.2, 0.25) is 0 Å². The normalized spacial score (nSPS) is 12.7. The van der Waals surface area contributed by atoms with Crippen molar-refractivity contribution >= 4 is 55.1 Å². The molecular weight excluding hydrogens is 324 g/mol. The van der Waals surface area contributed by atoms with E-state index in [1.807, 2.05) is 13.8 Å². The van der Waals surface area contributed by atoms with Gasteiger partial charge in [-0.3, -0.25) is 0 Å². The summed E-state index contributed by atoms with van der Waals surface area (Å²) in [6.07, 6.45) is 0. The number of hydrogen-bond acceptors (Lipinski definition) is 5. The minimum Gasteiger partial charge on any atom is -0.171 e. The van der Waals surface area contributed by atoms with Gasteiger partial charge in [0, 0.05) is 9.75 Å². The predicted molar refractivity (Wildman–Crippen MR) is 93.9 cm³/mol. The largest absolute Gasteiger partial charge is 0.171 e. The molecular formula is C14H12N2S4. The van der Waals surface area contributed by atoms with E-state index in [1.165, 1.54) is 31.2 Å². The smallest absolute Gasteiger partial charge is 0.124 e. The van der Waals surface area contributed by atoms with Crippen molar-refractivity contribution in [1.82, 2.24) is 8.75 Å². The first-order valence-corrected chi connectivity index (χ1v) is 9.57. The highest BCUT2D eigenvalue weighted by Crippen LogP contribution is 2.28. The summed E-state index contributed by atoms with van der Waals surface area (Å²) in [5, 5.41) is 4.21. The third-order valence-electron chi connectivity index (χ3n) is 2.61. The monoisotopic (exact) mass is 336 g/mol. The Morgan fingerprint density at radius 1 is 0.800 bits per heavy atom. The molecule has 1 aliphatic rings. The lowest BCUT2D eigenvalue weighted by molar-refractivity contribution is 1.45. The molecule has 3 aromatic rings. The van der Waals surface area contributed by atoms with Crippen molar-refractivity contribution in [2.45, 2.75) is 13.8 Å². The zero-order chi connectivity index (χ0) is 13.9. The topological polar surface area (TPSA) is 25.8 Å². The second-order valence-electron chi connectivity index (χ2n) is 3.68. The average Bonchev–Trinajstić information content (AvgIpc) is 3.24.